The van der Waals surface area contributed by atoms with Crippen molar-refractivity contribution < 1.29 is 10.2 Å². The lowest BCUT2D eigenvalue weighted by atomic mass is 10.00. The number of nitrogens with zero attached hydrogens (tertiary/aromatic N) is 1. The molecule has 0 saturated heterocycles. The van der Waals surface area contributed by atoms with Gasteiger partial charge in [0, 0.05) is 18.6 Å². The molecule has 0 fully saturated rings. The average molecular weight is 370 g/mol. The van der Waals surface area contributed by atoms with E-state index in [0.717, 1.165) is 43.4 Å². The van der Waals surface area contributed by atoms with Crippen molar-refractivity contribution in [1.82, 2.24) is 4.90 Å². The van der Waals surface area contributed by atoms with Crippen LogP contribution in [0.5, 0.6) is 5.75 Å². The highest BCUT2D eigenvalue weighted by Gasteiger charge is 2.13. The number of aliphatic hydroxyl groups is 1. The third-order valence-corrected chi connectivity index (χ3v) is 5.21. The number of aryl methyl sites for hydroxylation is 2. The minimum absolute atomic E-state index is 0.0130. The van der Waals surface area contributed by atoms with E-state index in [1.165, 1.54) is 11.1 Å². The first kappa shape index (κ1) is 21.5. The molecule has 2 aromatic carbocycles. The smallest absolute Gasteiger partial charge is 0.118 e. The van der Waals surface area contributed by atoms with Gasteiger partial charge in [0.2, 0.25) is 0 Å². The van der Waals surface area contributed by atoms with Gasteiger partial charge in [-0.3, -0.25) is 4.90 Å². The molecule has 0 aliphatic heterocycles. The van der Waals surface area contributed by atoms with Gasteiger partial charge in [-0.2, -0.15) is 0 Å². The maximum absolute atomic E-state index is 10.00. The fourth-order valence-electron chi connectivity index (χ4n) is 3.73. The second kappa shape index (κ2) is 10.5. The normalized spacial score (nSPS) is 11.7. The molecular formula is C24H35NO2. The van der Waals surface area contributed by atoms with Crippen molar-refractivity contribution in [2.24, 2.45) is 0 Å². The van der Waals surface area contributed by atoms with Gasteiger partial charge in [0.1, 0.15) is 5.75 Å². The number of benzene rings is 2. The van der Waals surface area contributed by atoms with Crippen molar-refractivity contribution in [2.75, 3.05) is 6.54 Å². The molecule has 0 saturated carbocycles. The van der Waals surface area contributed by atoms with E-state index in [-0.39, 0.29) is 6.61 Å². The zero-order chi connectivity index (χ0) is 19.8. The molecule has 0 unspecified atom stereocenters. The summed E-state index contributed by atoms with van der Waals surface area (Å²) < 4.78 is 0. The van der Waals surface area contributed by atoms with Crippen molar-refractivity contribution in [3.63, 3.8) is 0 Å². The van der Waals surface area contributed by atoms with Gasteiger partial charge < -0.3 is 10.2 Å². The molecule has 148 valence electrons. The molecule has 0 aromatic heterocycles. The topological polar surface area (TPSA) is 43.7 Å². The van der Waals surface area contributed by atoms with Crippen molar-refractivity contribution in [1.29, 1.82) is 0 Å². The summed E-state index contributed by atoms with van der Waals surface area (Å²) in [6.45, 7) is 10.1. The summed E-state index contributed by atoms with van der Waals surface area (Å²) >= 11 is 0. The molecule has 0 spiro atoms. The molecule has 0 heterocycles. The summed E-state index contributed by atoms with van der Waals surface area (Å²) in [6.07, 6.45) is 3.87. The maximum Gasteiger partial charge on any atom is 0.118 e. The zero-order valence-electron chi connectivity index (χ0n) is 17.3. The van der Waals surface area contributed by atoms with Crippen LogP contribution in [-0.4, -0.2) is 33.7 Å². The molecule has 0 aliphatic carbocycles. The highest BCUT2D eigenvalue weighted by Crippen LogP contribution is 2.21. The Morgan fingerprint density at radius 1 is 0.815 bits per heavy atom. The van der Waals surface area contributed by atoms with Gasteiger partial charge in [-0.1, -0.05) is 30.3 Å². The predicted molar refractivity (Wildman–Crippen MR) is 113 cm³/mol. The van der Waals surface area contributed by atoms with Gasteiger partial charge in [0.15, 0.2) is 0 Å². The Hall–Kier alpha value is -1.84. The lowest BCUT2D eigenvalue weighted by Gasteiger charge is -2.30. The lowest BCUT2D eigenvalue weighted by Crippen LogP contribution is -2.38. The van der Waals surface area contributed by atoms with Crippen LogP contribution < -0.4 is 0 Å². The van der Waals surface area contributed by atoms with E-state index >= 15 is 0 Å². The van der Waals surface area contributed by atoms with Crippen molar-refractivity contribution in [3.8, 4) is 5.75 Å². The largest absolute Gasteiger partial charge is 0.508 e. The van der Waals surface area contributed by atoms with Crippen LogP contribution in [0.4, 0.5) is 0 Å². The number of hydrogen-bond acceptors (Lipinski definition) is 3. The fourth-order valence-corrected chi connectivity index (χ4v) is 3.73. The third kappa shape index (κ3) is 6.67. The molecule has 0 radical (unpaired) electrons. The van der Waals surface area contributed by atoms with Gasteiger partial charge in [0.25, 0.3) is 0 Å². The number of phenolic OH excluding ortho intramolecular Hbond substituents is 1. The Balaban J connectivity index is 1.90. The molecule has 0 bridgehead atoms. The molecule has 2 N–H and O–H groups in total. The van der Waals surface area contributed by atoms with Gasteiger partial charge in [-0.25, -0.2) is 0 Å². The molecule has 0 amide bonds. The first-order chi connectivity index (χ1) is 12.9. The van der Waals surface area contributed by atoms with Crippen LogP contribution in [0.2, 0.25) is 0 Å². The van der Waals surface area contributed by atoms with Gasteiger partial charge >= 0.3 is 0 Å². The quantitative estimate of drug-likeness (QED) is 0.637. The second-order valence-corrected chi connectivity index (χ2v) is 7.97. The van der Waals surface area contributed by atoms with Gasteiger partial charge in [-0.05, 0) is 87.8 Å². The summed E-state index contributed by atoms with van der Waals surface area (Å²) in [5, 5.41) is 19.3. The number of aromatic hydroxyl groups is 1. The standard InChI is InChI=1S/C24H35NO2/c1-18(2)25(19(3)4)14-13-21-8-5-7-20(15-21)9-6-10-23-16-22(17-26)11-12-24(23)27/h5,7-8,11-12,15-16,18-19,26-27H,6,9-10,13-14,17H2,1-4H3. The Bertz CT molecular complexity index is 701. The summed E-state index contributed by atoms with van der Waals surface area (Å²) in [5.74, 6) is 0.323. The molecular weight excluding hydrogens is 334 g/mol. The van der Waals surface area contributed by atoms with E-state index in [1.54, 1.807) is 12.1 Å². The number of phenols is 1. The van der Waals surface area contributed by atoms with Crippen LogP contribution in [-0.2, 0) is 25.9 Å². The summed E-state index contributed by atoms with van der Waals surface area (Å²) in [6, 6.07) is 15.4. The van der Waals surface area contributed by atoms with E-state index in [0.29, 0.717) is 17.8 Å². The highest BCUT2D eigenvalue weighted by atomic mass is 16.3. The monoisotopic (exact) mass is 369 g/mol. The molecule has 0 aliphatic rings. The van der Waals surface area contributed by atoms with Crippen molar-refractivity contribution >= 4 is 0 Å². The zero-order valence-corrected chi connectivity index (χ0v) is 17.3. The van der Waals surface area contributed by atoms with Crippen LogP contribution >= 0.6 is 0 Å². The molecule has 2 aromatic rings. The Kier molecular flexibility index (Phi) is 8.33. The Morgan fingerprint density at radius 3 is 2.11 bits per heavy atom. The first-order valence-electron chi connectivity index (χ1n) is 10.2. The molecule has 0 atom stereocenters. The van der Waals surface area contributed by atoms with Crippen molar-refractivity contribution in [3.05, 3.63) is 64.7 Å². The van der Waals surface area contributed by atoms with Crippen LogP contribution in [0.25, 0.3) is 0 Å². The summed E-state index contributed by atoms with van der Waals surface area (Å²) in [5.41, 5.74) is 4.52. The average Bonchev–Trinajstić information content (AvgIpc) is 2.63. The minimum atomic E-state index is 0.0130. The molecule has 3 heteroatoms. The number of hydrogen-bond donors (Lipinski definition) is 2. The predicted octanol–water partition coefficient (Wildman–Crippen LogP) is 4.72. The maximum atomic E-state index is 10.00. The van der Waals surface area contributed by atoms with Crippen LogP contribution in [0.1, 0.15) is 56.4 Å². The van der Waals surface area contributed by atoms with Crippen molar-refractivity contribution in [2.45, 2.75) is 72.1 Å². The first-order valence-corrected chi connectivity index (χ1v) is 10.2. The van der Waals surface area contributed by atoms with E-state index in [2.05, 4.69) is 56.9 Å². The lowest BCUT2D eigenvalue weighted by molar-refractivity contribution is 0.177. The molecule has 27 heavy (non-hydrogen) atoms. The van der Waals surface area contributed by atoms with Gasteiger partial charge in [-0.15, -0.1) is 0 Å². The SMILES string of the molecule is CC(C)N(CCc1cccc(CCCc2cc(CO)ccc2O)c1)C(C)C. The third-order valence-electron chi connectivity index (χ3n) is 5.21. The van der Waals surface area contributed by atoms with E-state index < -0.39 is 0 Å². The molecule has 3 nitrogen and oxygen atoms in total. The van der Waals surface area contributed by atoms with E-state index in [1.807, 2.05) is 6.07 Å². The summed E-state index contributed by atoms with van der Waals surface area (Å²) in [7, 11) is 0. The second-order valence-electron chi connectivity index (χ2n) is 7.97. The van der Waals surface area contributed by atoms with Crippen LogP contribution in [0, 0.1) is 0 Å². The number of rotatable bonds is 10. The number of aliphatic hydroxyl groups excluding tert-OH is 1. The van der Waals surface area contributed by atoms with Gasteiger partial charge in [0.05, 0.1) is 6.61 Å². The minimum Gasteiger partial charge on any atom is -0.508 e. The highest BCUT2D eigenvalue weighted by molar-refractivity contribution is 5.36. The van der Waals surface area contributed by atoms with Crippen LogP contribution in [0.15, 0.2) is 42.5 Å². The molecule has 2 rings (SSSR count). The Labute approximate surface area is 164 Å². The van der Waals surface area contributed by atoms with E-state index in [4.69, 9.17) is 0 Å². The summed E-state index contributed by atoms with van der Waals surface area (Å²) in [4.78, 5) is 2.53. The Morgan fingerprint density at radius 2 is 1.48 bits per heavy atom. The van der Waals surface area contributed by atoms with E-state index in [9.17, 15) is 10.2 Å². The fraction of sp³-hybridized carbons (Fsp3) is 0.500. The van der Waals surface area contributed by atoms with Crippen LogP contribution in [0.3, 0.4) is 0 Å².